The van der Waals surface area contributed by atoms with E-state index >= 15 is 0 Å². The normalized spacial score (nSPS) is 14.1. The van der Waals surface area contributed by atoms with Crippen LogP contribution in [0.25, 0.3) is 43.4 Å². The molecule has 0 aliphatic carbocycles. The van der Waals surface area contributed by atoms with Gasteiger partial charge in [-0.25, -0.2) is 39.7 Å². The van der Waals surface area contributed by atoms with Gasteiger partial charge in [0.15, 0.2) is 5.78 Å². The van der Waals surface area contributed by atoms with Crippen LogP contribution in [0, 0.1) is 18.8 Å². The van der Waals surface area contributed by atoms with Gasteiger partial charge in [-0.1, -0.05) is 44.2 Å². The SMILES string of the molecule is CNC(=O)C[C@H](NC(=O)c1csc(-c2ccc(-c3nc(NC(=O)N4CCC(C(=O)OC)CC4)cs3)nc2-c2csc(-c3csc([C@@H](N)[C@@H](O)c4ccccc4)n3)n2)n1)c1nc(C(=O)C[C@@H](c2nc(C(=O)NCC(C)=O)c(COC)s2)C(C)C)c(C)s1. The van der Waals surface area contributed by atoms with Gasteiger partial charge in [0.1, 0.15) is 76.9 Å². The molecule has 1 aliphatic rings. The molecule has 450 valence electrons. The number of urea groups is 1. The molecule has 23 nitrogen and oxygen atoms in total. The van der Waals surface area contributed by atoms with Gasteiger partial charge in [0.25, 0.3) is 11.8 Å². The lowest BCUT2D eigenvalue weighted by molar-refractivity contribution is -0.146. The van der Waals surface area contributed by atoms with Crippen LogP contribution in [0.4, 0.5) is 10.6 Å². The first-order valence-corrected chi connectivity index (χ1v) is 32.2. The molecule has 1 aromatic carbocycles. The highest BCUT2D eigenvalue weighted by Crippen LogP contribution is 2.40. The zero-order chi connectivity index (χ0) is 61.3. The number of aromatic nitrogens is 7. The van der Waals surface area contributed by atoms with E-state index in [1.165, 1.54) is 96.2 Å². The molecule has 1 saturated heterocycles. The van der Waals surface area contributed by atoms with Crippen LogP contribution in [0.3, 0.4) is 0 Å². The molecule has 86 heavy (non-hydrogen) atoms. The smallest absolute Gasteiger partial charge is 0.323 e. The molecule has 8 aromatic rings. The van der Waals surface area contributed by atoms with Crippen LogP contribution in [-0.2, 0) is 30.5 Å². The van der Waals surface area contributed by atoms with Crippen LogP contribution in [0.15, 0.2) is 64.0 Å². The Morgan fingerprint density at radius 2 is 1.47 bits per heavy atom. The average Bonchev–Trinajstić information content (AvgIpc) is 2.26. The number of anilines is 1. The number of esters is 1. The molecule has 29 heteroatoms. The van der Waals surface area contributed by atoms with E-state index in [2.05, 4.69) is 26.3 Å². The lowest BCUT2D eigenvalue weighted by Crippen LogP contribution is -2.42. The van der Waals surface area contributed by atoms with Crippen LogP contribution >= 0.6 is 68.0 Å². The first-order valence-electron chi connectivity index (χ1n) is 27.1. The Labute approximate surface area is 518 Å². The van der Waals surface area contributed by atoms with E-state index in [0.717, 1.165) is 0 Å². The van der Waals surface area contributed by atoms with Crippen molar-refractivity contribution in [2.45, 2.75) is 84.1 Å². The second-order valence-corrected chi connectivity index (χ2v) is 26.2. The molecule has 1 fully saturated rings. The highest BCUT2D eigenvalue weighted by atomic mass is 32.1. The molecule has 7 aromatic heterocycles. The number of likely N-dealkylation sites (tertiary alicyclic amines) is 1. The molecule has 0 bridgehead atoms. The lowest BCUT2D eigenvalue weighted by Gasteiger charge is -2.30. The number of hydrogen-bond donors (Lipinski definition) is 6. The highest BCUT2D eigenvalue weighted by Gasteiger charge is 2.33. The summed E-state index contributed by atoms with van der Waals surface area (Å²) in [7, 11) is 4.33. The second kappa shape index (κ2) is 28.4. The predicted molar refractivity (Wildman–Crippen MR) is 330 cm³/mol. The van der Waals surface area contributed by atoms with Crippen LogP contribution in [0.2, 0.25) is 0 Å². The number of carbonyl (C=O) groups excluding carboxylic acids is 7. The summed E-state index contributed by atoms with van der Waals surface area (Å²) in [4.78, 5) is 128. The number of thiazole rings is 6. The molecule has 7 N–H and O–H groups in total. The minimum atomic E-state index is -0.991. The van der Waals surface area contributed by atoms with Gasteiger partial charge in [0.2, 0.25) is 5.91 Å². The number of nitrogens with one attached hydrogen (secondary N) is 4. The number of aliphatic hydroxyl groups is 1. The fraction of sp³-hybridized carbons (Fsp3) is 0.368. The zero-order valence-corrected chi connectivity index (χ0v) is 52.6. The summed E-state index contributed by atoms with van der Waals surface area (Å²) in [6.45, 7) is 7.72. The maximum atomic E-state index is 14.3. The van der Waals surface area contributed by atoms with Crippen LogP contribution in [0.1, 0.15) is 132 Å². The number of carbonyl (C=O) groups is 7. The molecule has 0 saturated carbocycles. The first-order chi connectivity index (χ1) is 41.3. The third-order valence-corrected chi connectivity index (χ3v) is 19.8. The minimum absolute atomic E-state index is 0.00493. The van der Waals surface area contributed by atoms with Crippen molar-refractivity contribution >= 4 is 115 Å². The number of benzene rings is 1. The number of ether oxygens (including phenoxy) is 2. The third kappa shape index (κ3) is 14.8. The molecule has 9 rings (SSSR count). The summed E-state index contributed by atoms with van der Waals surface area (Å²) in [6, 6.07) is 10.6. The number of hydrogen-bond acceptors (Lipinski definition) is 24. The number of rotatable bonds is 24. The number of methoxy groups -OCH3 is 2. The number of ketones is 2. The summed E-state index contributed by atoms with van der Waals surface area (Å²) in [6.07, 6.45) is -0.227. The van der Waals surface area contributed by atoms with Crippen LogP contribution < -0.4 is 27.0 Å². The maximum Gasteiger partial charge on any atom is 0.323 e. The van der Waals surface area contributed by atoms with Crippen molar-refractivity contribution in [1.82, 2.24) is 55.7 Å². The Bertz CT molecular complexity index is 3770. The topological polar surface area (TPSA) is 326 Å². The summed E-state index contributed by atoms with van der Waals surface area (Å²) in [5, 5.41) is 31.9. The Balaban J connectivity index is 0.969. The van der Waals surface area contributed by atoms with Crippen molar-refractivity contribution in [3.63, 3.8) is 0 Å². The number of aliphatic hydroxyl groups excluding tert-OH is 1. The summed E-state index contributed by atoms with van der Waals surface area (Å²) >= 11 is 7.54. The van der Waals surface area contributed by atoms with Gasteiger partial charge in [-0.3, -0.25) is 34.1 Å². The number of pyridine rings is 1. The van der Waals surface area contributed by atoms with Crippen molar-refractivity contribution in [2.75, 3.05) is 46.2 Å². The van der Waals surface area contributed by atoms with Gasteiger partial charge < -0.3 is 41.2 Å². The number of nitrogens with two attached hydrogens (primary N) is 1. The maximum absolute atomic E-state index is 14.3. The quantitative estimate of drug-likeness (QED) is 0.0243. The fourth-order valence-electron chi connectivity index (χ4n) is 9.27. The van der Waals surface area contributed by atoms with Crippen molar-refractivity contribution in [3.05, 3.63) is 111 Å². The molecule has 0 spiro atoms. The predicted octanol–water partition coefficient (Wildman–Crippen LogP) is 9.03. The van der Waals surface area contributed by atoms with E-state index in [1.54, 1.807) is 40.8 Å². The number of aryl methyl sites for hydroxylation is 1. The van der Waals surface area contributed by atoms with Gasteiger partial charge in [-0.05, 0) is 50.3 Å². The Morgan fingerprint density at radius 3 is 2.17 bits per heavy atom. The summed E-state index contributed by atoms with van der Waals surface area (Å²) in [5.74, 6) is -2.77. The Morgan fingerprint density at radius 1 is 0.756 bits per heavy atom. The molecule has 5 amide bonds. The lowest BCUT2D eigenvalue weighted by atomic mass is 9.90. The van der Waals surface area contributed by atoms with Crippen LogP contribution in [-0.4, -0.2) is 127 Å². The first kappa shape index (κ1) is 63.0. The van der Waals surface area contributed by atoms with E-state index in [4.69, 9.17) is 45.1 Å². The van der Waals surface area contributed by atoms with Crippen molar-refractivity contribution in [3.8, 4) is 43.4 Å². The van der Waals surface area contributed by atoms with Gasteiger partial charge in [-0.15, -0.1) is 68.0 Å². The van der Waals surface area contributed by atoms with Gasteiger partial charge in [0.05, 0.1) is 60.3 Å². The van der Waals surface area contributed by atoms with E-state index < -0.39 is 35.9 Å². The van der Waals surface area contributed by atoms with Gasteiger partial charge in [0, 0.05) is 71.5 Å². The molecule has 1 aliphatic heterocycles. The van der Waals surface area contributed by atoms with E-state index in [-0.39, 0.29) is 84.4 Å². The highest BCUT2D eigenvalue weighted by molar-refractivity contribution is 7.15. The number of nitrogens with zero attached hydrogens (tertiary/aromatic N) is 8. The van der Waals surface area contributed by atoms with Gasteiger partial charge >= 0.3 is 12.0 Å². The molecular formula is C57H61N13O10S6. The van der Waals surface area contributed by atoms with Crippen molar-refractivity contribution in [1.29, 1.82) is 0 Å². The second-order valence-electron chi connectivity index (χ2n) is 20.4. The Hall–Kier alpha value is -7.48. The third-order valence-electron chi connectivity index (χ3n) is 14.0. The number of amides is 5. The summed E-state index contributed by atoms with van der Waals surface area (Å²) < 4.78 is 10.3. The van der Waals surface area contributed by atoms with Gasteiger partial charge in [-0.2, -0.15) is 0 Å². The molecule has 8 heterocycles. The monoisotopic (exact) mass is 1280 g/mol. The molecular weight excluding hydrogens is 1220 g/mol. The molecule has 0 unspecified atom stereocenters. The fourth-order valence-corrected chi connectivity index (χ4v) is 14.8. The van der Waals surface area contributed by atoms with E-state index in [9.17, 15) is 38.7 Å². The van der Waals surface area contributed by atoms with Crippen molar-refractivity contribution < 1.29 is 48.1 Å². The number of piperidine rings is 1. The average molecular weight is 1280 g/mol. The Kier molecular flexibility index (Phi) is 20.8. The minimum Gasteiger partial charge on any atom is -0.469 e. The van der Waals surface area contributed by atoms with E-state index in [1.807, 2.05) is 48.9 Å². The largest absolute Gasteiger partial charge is 0.469 e. The van der Waals surface area contributed by atoms with Crippen molar-refractivity contribution in [2.24, 2.45) is 17.6 Å². The standard InChI is InChI=1S/C57H61N13O10S6/c1-27(2)33(51-69-46(40(86-51)22-79-6)49(76)60-21-28(3)71)19-39(72)44-29(4)85-54(68-44)35(20-42(73)59-5)62-48(75)37-24-81-50(64-37)32-13-14-34(52-66-41(26-84-52)67-57(78)70-17-15-31(16-18-70)56(77)80-7)61-45(32)36-23-82-53(63-36)38-25-83-55(65-38)43(58)47(74)30-11-9-8-10-12-30/h8-14,23-27,31,33,35,43,47,74H,15-22,58H2,1-7H3,(H,59,73)(H,60,76)(H,62,75)(H,67,78)/t33-,35+,43+,47+/m1/s1. The summed E-state index contributed by atoms with van der Waals surface area (Å²) in [5.41, 5.74) is 9.94. The van der Waals surface area contributed by atoms with Crippen LogP contribution in [0.5, 0.6) is 0 Å². The zero-order valence-electron chi connectivity index (χ0n) is 47.7. The van der Waals surface area contributed by atoms with E-state index in [0.29, 0.717) is 105 Å². The molecule has 0 radical (unpaired) electrons. The number of Topliss-reactive ketones (excluding diaryl/α,β-unsaturated/α-hetero) is 2. The molecule has 4 atom stereocenters.